The van der Waals surface area contributed by atoms with Crippen LogP contribution in [0.5, 0.6) is 0 Å². The van der Waals surface area contributed by atoms with Crippen molar-refractivity contribution in [2.75, 3.05) is 0 Å². The molecule has 2 heterocycles. The van der Waals surface area contributed by atoms with E-state index < -0.39 is 24.0 Å². The molecule has 1 saturated heterocycles. The normalized spacial score (nSPS) is 17.8. The van der Waals surface area contributed by atoms with Gasteiger partial charge in [0.15, 0.2) is 0 Å². The maximum Gasteiger partial charge on any atom is 0.495 e. The van der Waals surface area contributed by atoms with Gasteiger partial charge in [0.1, 0.15) is 0 Å². The van der Waals surface area contributed by atoms with Crippen LogP contribution in [0.15, 0.2) is 46.0 Å². The van der Waals surface area contributed by atoms with Crippen molar-refractivity contribution in [2.24, 2.45) is 0 Å². The molecule has 0 atom stereocenters. The summed E-state index contributed by atoms with van der Waals surface area (Å²) < 4.78 is 13.5. The van der Waals surface area contributed by atoms with Crippen LogP contribution < -0.4 is 16.7 Å². The zero-order valence-corrected chi connectivity index (χ0v) is 17.6. The topological polar surface area (TPSA) is 73.3 Å². The van der Waals surface area contributed by atoms with Crippen LogP contribution in [-0.4, -0.2) is 27.9 Å². The Morgan fingerprint density at radius 3 is 2.28 bits per heavy atom. The van der Waals surface area contributed by atoms with Crippen LogP contribution in [0.1, 0.15) is 38.8 Å². The van der Waals surface area contributed by atoms with Crippen molar-refractivity contribution in [1.29, 1.82) is 0 Å². The minimum absolute atomic E-state index is 0.349. The summed E-state index contributed by atoms with van der Waals surface area (Å²) in [6, 6.07) is 10.9. The van der Waals surface area contributed by atoms with Gasteiger partial charge in [-0.15, -0.1) is 0 Å². The fourth-order valence-electron chi connectivity index (χ4n) is 3.66. The van der Waals surface area contributed by atoms with E-state index in [1.807, 2.05) is 59.7 Å². The van der Waals surface area contributed by atoms with Gasteiger partial charge in [-0.25, -0.2) is 9.36 Å². The van der Waals surface area contributed by atoms with Crippen molar-refractivity contribution in [3.8, 4) is 5.69 Å². The molecule has 29 heavy (non-hydrogen) atoms. The Hall–Kier alpha value is -2.64. The quantitative estimate of drug-likeness (QED) is 0.681. The van der Waals surface area contributed by atoms with Gasteiger partial charge >= 0.3 is 12.8 Å². The molecule has 2 aromatic carbocycles. The molecule has 0 radical (unpaired) electrons. The summed E-state index contributed by atoms with van der Waals surface area (Å²) in [4.78, 5) is 28.8. The van der Waals surface area contributed by atoms with Gasteiger partial charge < -0.3 is 14.3 Å². The van der Waals surface area contributed by atoms with Crippen LogP contribution in [-0.2, 0) is 9.31 Å². The van der Waals surface area contributed by atoms with Gasteiger partial charge in [-0.1, -0.05) is 18.2 Å². The van der Waals surface area contributed by atoms with E-state index in [0.29, 0.717) is 16.6 Å². The predicted octanol–water partition coefficient (Wildman–Crippen LogP) is 2.60. The maximum absolute atomic E-state index is 13.1. The molecule has 0 amide bonds. The zero-order valence-electron chi connectivity index (χ0n) is 17.6. The highest BCUT2D eigenvalue weighted by Crippen LogP contribution is 2.36. The molecule has 0 aliphatic carbocycles. The maximum atomic E-state index is 13.1. The molecule has 1 aromatic heterocycles. The van der Waals surface area contributed by atoms with Crippen LogP contribution in [0.25, 0.3) is 16.6 Å². The second kappa shape index (κ2) is 6.44. The zero-order chi connectivity index (χ0) is 21.1. The van der Waals surface area contributed by atoms with E-state index >= 15 is 0 Å². The fraction of sp³-hybridized carbons (Fsp3) is 0.364. The van der Waals surface area contributed by atoms with Crippen molar-refractivity contribution in [2.45, 2.75) is 52.7 Å². The number of nitrogens with one attached hydrogen (secondary N) is 1. The van der Waals surface area contributed by atoms with E-state index in [4.69, 9.17) is 9.31 Å². The first-order valence-corrected chi connectivity index (χ1v) is 9.73. The number of fused-ring (bicyclic) bond motifs is 1. The molecular weight excluding hydrogens is 367 g/mol. The fourth-order valence-corrected chi connectivity index (χ4v) is 3.66. The third kappa shape index (κ3) is 3.05. The minimum Gasteiger partial charge on any atom is -0.399 e. The molecule has 150 valence electrons. The largest absolute Gasteiger partial charge is 0.495 e. The lowest BCUT2D eigenvalue weighted by Crippen LogP contribution is -2.41. The van der Waals surface area contributed by atoms with Crippen LogP contribution in [0.4, 0.5) is 0 Å². The summed E-state index contributed by atoms with van der Waals surface area (Å²) in [5.74, 6) is 0. The van der Waals surface area contributed by atoms with E-state index in [0.717, 1.165) is 16.6 Å². The van der Waals surface area contributed by atoms with E-state index in [2.05, 4.69) is 4.98 Å². The van der Waals surface area contributed by atoms with Crippen molar-refractivity contribution < 1.29 is 9.31 Å². The summed E-state index contributed by atoms with van der Waals surface area (Å²) >= 11 is 0. The van der Waals surface area contributed by atoms with Crippen LogP contribution >= 0.6 is 0 Å². The number of hydrogen-bond acceptors (Lipinski definition) is 4. The molecule has 6 nitrogen and oxygen atoms in total. The SMILES string of the molecule is Cc1ccc2c(=O)n(-c3cccc(B4OC(C)(C)C(C)(C)O4)c3C)c(=O)[nH]c2c1. The molecule has 0 bridgehead atoms. The van der Waals surface area contributed by atoms with Crippen molar-refractivity contribution in [1.82, 2.24) is 9.55 Å². The first kappa shape index (κ1) is 19.7. The Morgan fingerprint density at radius 1 is 0.966 bits per heavy atom. The highest BCUT2D eigenvalue weighted by molar-refractivity contribution is 6.62. The Morgan fingerprint density at radius 2 is 1.62 bits per heavy atom. The molecular formula is C22H25BN2O4. The van der Waals surface area contributed by atoms with Crippen LogP contribution in [0.2, 0.25) is 0 Å². The Labute approximate surface area is 169 Å². The number of benzene rings is 2. The lowest BCUT2D eigenvalue weighted by Gasteiger charge is -2.32. The molecule has 1 N–H and O–H groups in total. The molecule has 1 aliphatic heterocycles. The second-order valence-corrected chi connectivity index (χ2v) is 8.70. The Bertz CT molecular complexity index is 1220. The number of aromatic nitrogens is 2. The van der Waals surface area contributed by atoms with Gasteiger partial charge in [0.25, 0.3) is 5.56 Å². The Balaban J connectivity index is 1.89. The number of aromatic amines is 1. The number of aryl methyl sites for hydroxylation is 1. The average molecular weight is 392 g/mol. The number of nitrogens with zero attached hydrogens (tertiary/aromatic N) is 1. The van der Waals surface area contributed by atoms with E-state index in [9.17, 15) is 9.59 Å². The molecule has 0 unspecified atom stereocenters. The van der Waals surface area contributed by atoms with Gasteiger partial charge in [-0.3, -0.25) is 4.79 Å². The van der Waals surface area contributed by atoms with Crippen LogP contribution in [0, 0.1) is 13.8 Å². The Kier molecular flexibility index (Phi) is 4.37. The van der Waals surface area contributed by atoms with Gasteiger partial charge in [-0.2, -0.15) is 0 Å². The van der Waals surface area contributed by atoms with E-state index in [1.54, 1.807) is 18.2 Å². The standard InChI is InChI=1S/C22H25BN2O4/c1-13-10-11-15-17(12-13)24-20(27)25(19(15)26)18-9-7-8-16(14(18)2)23-28-21(3,4)22(5,6)29-23/h7-12H,1-6H3,(H,24,27). The summed E-state index contributed by atoms with van der Waals surface area (Å²) in [6.45, 7) is 11.8. The molecule has 0 spiro atoms. The van der Waals surface area contributed by atoms with Gasteiger partial charge in [0.2, 0.25) is 0 Å². The van der Waals surface area contributed by atoms with Gasteiger partial charge in [0.05, 0.1) is 27.8 Å². The molecule has 1 aliphatic rings. The second-order valence-electron chi connectivity index (χ2n) is 8.70. The van der Waals surface area contributed by atoms with Crippen LogP contribution in [0.3, 0.4) is 0 Å². The average Bonchev–Trinajstić information content (AvgIpc) is 2.83. The lowest BCUT2D eigenvalue weighted by atomic mass is 9.76. The molecule has 7 heteroatoms. The predicted molar refractivity (Wildman–Crippen MR) is 115 cm³/mol. The third-order valence-electron chi connectivity index (χ3n) is 6.15. The highest BCUT2D eigenvalue weighted by atomic mass is 16.7. The summed E-state index contributed by atoms with van der Waals surface area (Å²) in [5, 5.41) is 0.468. The molecule has 1 fully saturated rings. The van der Waals surface area contributed by atoms with Crippen molar-refractivity contribution in [3.63, 3.8) is 0 Å². The van der Waals surface area contributed by atoms with Crippen molar-refractivity contribution >= 4 is 23.5 Å². The first-order chi connectivity index (χ1) is 13.5. The van der Waals surface area contributed by atoms with Crippen molar-refractivity contribution in [3.05, 3.63) is 68.4 Å². The van der Waals surface area contributed by atoms with E-state index in [1.165, 1.54) is 4.57 Å². The summed E-state index contributed by atoms with van der Waals surface area (Å²) in [6.07, 6.45) is 0. The van der Waals surface area contributed by atoms with Gasteiger partial charge in [0, 0.05) is 0 Å². The third-order valence-corrected chi connectivity index (χ3v) is 6.15. The number of hydrogen-bond donors (Lipinski definition) is 1. The summed E-state index contributed by atoms with van der Waals surface area (Å²) in [5.41, 5.74) is 1.83. The first-order valence-electron chi connectivity index (χ1n) is 9.73. The summed E-state index contributed by atoms with van der Waals surface area (Å²) in [7, 11) is -0.571. The van der Waals surface area contributed by atoms with E-state index in [-0.39, 0.29) is 5.56 Å². The van der Waals surface area contributed by atoms with Gasteiger partial charge in [-0.05, 0) is 76.3 Å². The number of rotatable bonds is 2. The number of H-pyrrole nitrogens is 1. The molecule has 0 saturated carbocycles. The highest BCUT2D eigenvalue weighted by Gasteiger charge is 2.52. The lowest BCUT2D eigenvalue weighted by molar-refractivity contribution is 0.00578. The molecule has 3 aromatic rings. The smallest absolute Gasteiger partial charge is 0.399 e. The molecule has 4 rings (SSSR count). The monoisotopic (exact) mass is 392 g/mol. The minimum atomic E-state index is -0.571.